The maximum Gasteiger partial charge on any atom is 0.177 e. The number of nitrogen functional groups attached to an aromatic ring is 1. The summed E-state index contributed by atoms with van der Waals surface area (Å²) in [4.78, 5) is 10.8. The molecule has 1 fully saturated rings. The zero-order chi connectivity index (χ0) is 22.3. The van der Waals surface area contributed by atoms with Crippen molar-refractivity contribution in [1.29, 1.82) is 0 Å². The number of fused-ring (bicyclic) bond motifs is 1. The monoisotopic (exact) mass is 430 g/mol. The molecule has 9 heteroatoms. The molecule has 164 valence electrons. The lowest BCUT2D eigenvalue weighted by Gasteiger charge is -2.25. The molecule has 0 amide bonds. The minimum atomic E-state index is -0.856. The summed E-state index contributed by atoms with van der Waals surface area (Å²) in [6, 6.07) is 4.46. The third-order valence-electron chi connectivity index (χ3n) is 5.77. The van der Waals surface area contributed by atoms with Crippen LogP contribution >= 0.6 is 0 Å². The highest BCUT2D eigenvalue weighted by molar-refractivity contribution is 5.96. The van der Waals surface area contributed by atoms with Gasteiger partial charge in [0.15, 0.2) is 23.1 Å². The first-order valence-electron chi connectivity index (χ1n) is 9.77. The first kappa shape index (κ1) is 21.0. The van der Waals surface area contributed by atoms with Crippen molar-refractivity contribution < 1.29 is 23.0 Å². The number of hydrogen-bond acceptors (Lipinski definition) is 7. The number of hydrogen-bond donors (Lipinski definition) is 1. The van der Waals surface area contributed by atoms with Crippen molar-refractivity contribution >= 4 is 22.4 Å². The van der Waals surface area contributed by atoms with E-state index >= 15 is 8.78 Å². The number of rotatable bonds is 5. The SMILES string of the molecule is COc1cc(OC)c(F)c(-c2cc3cnc(N)cc3c(N3CCC(C)(OC)C3)n2)c1F. The topological polar surface area (TPSA) is 82.7 Å². The number of anilines is 2. The molecule has 2 aromatic heterocycles. The Morgan fingerprint density at radius 3 is 2.32 bits per heavy atom. The second-order valence-corrected chi connectivity index (χ2v) is 7.77. The van der Waals surface area contributed by atoms with Gasteiger partial charge in [-0.1, -0.05) is 0 Å². The maximum atomic E-state index is 15.2. The molecule has 4 rings (SSSR count). The van der Waals surface area contributed by atoms with Crippen molar-refractivity contribution in [2.75, 3.05) is 45.1 Å². The highest BCUT2D eigenvalue weighted by Crippen LogP contribution is 2.40. The normalized spacial score (nSPS) is 18.6. The number of aromatic nitrogens is 2. The van der Waals surface area contributed by atoms with Gasteiger partial charge in [0.1, 0.15) is 11.6 Å². The van der Waals surface area contributed by atoms with Crippen LogP contribution < -0.4 is 20.1 Å². The number of pyridine rings is 2. The molecule has 3 heterocycles. The predicted octanol–water partition coefficient (Wildman–Crippen LogP) is 3.79. The summed E-state index contributed by atoms with van der Waals surface area (Å²) in [7, 11) is 4.28. The lowest BCUT2D eigenvalue weighted by atomic mass is 10.0. The summed E-state index contributed by atoms with van der Waals surface area (Å²) in [6.45, 7) is 3.26. The first-order chi connectivity index (χ1) is 14.8. The third kappa shape index (κ3) is 3.59. The van der Waals surface area contributed by atoms with Gasteiger partial charge in [0.2, 0.25) is 0 Å². The van der Waals surface area contributed by atoms with E-state index in [-0.39, 0.29) is 28.4 Å². The predicted molar refractivity (Wildman–Crippen MR) is 115 cm³/mol. The molecule has 31 heavy (non-hydrogen) atoms. The summed E-state index contributed by atoms with van der Waals surface area (Å²) in [6.07, 6.45) is 2.35. The van der Waals surface area contributed by atoms with Crippen LogP contribution in [0.25, 0.3) is 22.0 Å². The van der Waals surface area contributed by atoms with Crippen LogP contribution in [-0.2, 0) is 4.74 Å². The summed E-state index contributed by atoms with van der Waals surface area (Å²) < 4.78 is 46.1. The van der Waals surface area contributed by atoms with E-state index in [2.05, 4.69) is 9.97 Å². The number of ether oxygens (including phenoxy) is 3. The van der Waals surface area contributed by atoms with Crippen LogP contribution in [0.15, 0.2) is 24.4 Å². The number of nitrogens with two attached hydrogens (primary N) is 1. The standard InChI is InChI=1S/C22H24F2N4O3/c1-22(31-4)5-6-28(11-22)21-13-8-17(25)26-10-12(13)7-14(27-21)18-19(23)15(29-2)9-16(30-3)20(18)24/h7-10H,5-6,11H2,1-4H3,(H2,25,26). The molecule has 0 bridgehead atoms. The van der Waals surface area contributed by atoms with Crippen LogP contribution in [0.1, 0.15) is 13.3 Å². The molecule has 0 saturated carbocycles. The average Bonchev–Trinajstić information content (AvgIpc) is 3.16. The Kier molecular flexibility index (Phi) is 5.30. The Bertz CT molecular complexity index is 1130. The molecular weight excluding hydrogens is 406 g/mol. The van der Waals surface area contributed by atoms with Gasteiger partial charge in [-0.05, 0) is 25.5 Å². The van der Waals surface area contributed by atoms with Crippen molar-refractivity contribution in [3.05, 3.63) is 36.0 Å². The highest BCUT2D eigenvalue weighted by atomic mass is 19.1. The van der Waals surface area contributed by atoms with E-state index in [9.17, 15) is 0 Å². The van der Waals surface area contributed by atoms with Crippen LogP contribution in [0.5, 0.6) is 11.5 Å². The fourth-order valence-electron chi connectivity index (χ4n) is 3.90. The smallest absolute Gasteiger partial charge is 0.177 e. The molecule has 2 N–H and O–H groups in total. The van der Waals surface area contributed by atoms with Crippen LogP contribution in [-0.4, -0.2) is 50.0 Å². The van der Waals surface area contributed by atoms with E-state index in [0.717, 1.165) is 11.8 Å². The Balaban J connectivity index is 1.97. The van der Waals surface area contributed by atoms with Crippen LogP contribution in [0.3, 0.4) is 0 Å². The molecular formula is C22H24F2N4O3. The van der Waals surface area contributed by atoms with Crippen molar-refractivity contribution in [2.45, 2.75) is 18.9 Å². The highest BCUT2D eigenvalue weighted by Gasteiger charge is 2.35. The Morgan fingerprint density at radius 1 is 1.06 bits per heavy atom. The van der Waals surface area contributed by atoms with Gasteiger partial charge < -0.3 is 24.8 Å². The Morgan fingerprint density at radius 2 is 1.74 bits per heavy atom. The molecule has 0 spiro atoms. The quantitative estimate of drug-likeness (QED) is 0.659. The number of benzene rings is 1. The summed E-state index contributed by atoms with van der Waals surface area (Å²) >= 11 is 0. The molecule has 1 aromatic carbocycles. The summed E-state index contributed by atoms with van der Waals surface area (Å²) in [5, 5.41) is 1.40. The van der Waals surface area contributed by atoms with Gasteiger partial charge in [0.05, 0.1) is 31.1 Å². The fourth-order valence-corrected chi connectivity index (χ4v) is 3.90. The minimum Gasteiger partial charge on any atom is -0.494 e. The molecule has 0 radical (unpaired) electrons. The van der Waals surface area contributed by atoms with Gasteiger partial charge in [-0.2, -0.15) is 0 Å². The Labute approximate surface area is 178 Å². The van der Waals surface area contributed by atoms with Gasteiger partial charge >= 0.3 is 0 Å². The summed E-state index contributed by atoms with van der Waals surface area (Å²) in [5.41, 5.74) is 5.34. The molecule has 1 aliphatic rings. The van der Waals surface area contributed by atoms with Crippen molar-refractivity contribution in [3.63, 3.8) is 0 Å². The Hall–Kier alpha value is -3.20. The lowest BCUT2D eigenvalue weighted by Crippen LogP contribution is -2.32. The second-order valence-electron chi connectivity index (χ2n) is 7.77. The average molecular weight is 430 g/mol. The van der Waals surface area contributed by atoms with Crippen LogP contribution in [0.4, 0.5) is 20.4 Å². The largest absolute Gasteiger partial charge is 0.494 e. The van der Waals surface area contributed by atoms with Gasteiger partial charge in [0.25, 0.3) is 0 Å². The molecule has 7 nitrogen and oxygen atoms in total. The number of methoxy groups -OCH3 is 3. The minimum absolute atomic E-state index is 0.104. The molecule has 0 aliphatic carbocycles. The second kappa shape index (κ2) is 7.81. The maximum absolute atomic E-state index is 15.2. The van der Waals surface area contributed by atoms with Crippen molar-refractivity contribution in [1.82, 2.24) is 9.97 Å². The van der Waals surface area contributed by atoms with Crippen LogP contribution in [0, 0.1) is 11.6 Å². The first-order valence-corrected chi connectivity index (χ1v) is 9.77. The lowest BCUT2D eigenvalue weighted by molar-refractivity contribution is 0.0257. The van der Waals surface area contributed by atoms with Crippen molar-refractivity contribution in [2.24, 2.45) is 0 Å². The van der Waals surface area contributed by atoms with Gasteiger partial charge in [-0.3, -0.25) is 0 Å². The molecule has 1 saturated heterocycles. The molecule has 1 atom stereocenters. The van der Waals surface area contributed by atoms with E-state index in [0.29, 0.717) is 30.1 Å². The summed E-state index contributed by atoms with van der Waals surface area (Å²) in [5.74, 6) is -1.10. The van der Waals surface area contributed by atoms with E-state index in [1.807, 2.05) is 11.8 Å². The zero-order valence-electron chi connectivity index (χ0n) is 17.8. The van der Waals surface area contributed by atoms with Gasteiger partial charge in [-0.25, -0.2) is 18.7 Å². The third-order valence-corrected chi connectivity index (χ3v) is 5.77. The molecule has 1 aliphatic heterocycles. The van der Waals surface area contributed by atoms with Crippen molar-refractivity contribution in [3.8, 4) is 22.8 Å². The molecule has 1 unspecified atom stereocenters. The zero-order valence-corrected chi connectivity index (χ0v) is 17.8. The van der Waals surface area contributed by atoms with E-state index in [4.69, 9.17) is 19.9 Å². The van der Waals surface area contributed by atoms with E-state index < -0.39 is 11.6 Å². The van der Waals surface area contributed by atoms with E-state index in [1.54, 1.807) is 25.4 Å². The van der Waals surface area contributed by atoms with Gasteiger partial charge in [-0.15, -0.1) is 0 Å². The van der Waals surface area contributed by atoms with Gasteiger partial charge in [0, 0.05) is 43.2 Å². The number of halogens is 2. The number of nitrogens with zero attached hydrogens (tertiary/aromatic N) is 3. The fraction of sp³-hybridized carbons (Fsp3) is 0.364. The van der Waals surface area contributed by atoms with Crippen LogP contribution in [0.2, 0.25) is 0 Å². The molecule has 3 aromatic rings. The van der Waals surface area contributed by atoms with E-state index in [1.165, 1.54) is 20.3 Å².